The number of halogens is 1. The van der Waals surface area contributed by atoms with Crippen molar-refractivity contribution in [1.82, 2.24) is 4.72 Å². The fourth-order valence-corrected chi connectivity index (χ4v) is 3.53. The molecule has 0 radical (unpaired) electrons. The van der Waals surface area contributed by atoms with Crippen LogP contribution in [0.15, 0.2) is 46.0 Å². The molecule has 19 heavy (non-hydrogen) atoms. The van der Waals surface area contributed by atoms with Crippen LogP contribution in [0, 0.1) is 0 Å². The number of sulfonamides is 1. The molecule has 102 valence electrons. The highest BCUT2D eigenvalue weighted by Gasteiger charge is 2.12. The largest absolute Gasteiger partial charge is 0.240 e. The Hall–Kier alpha value is -0.880. The topological polar surface area (TPSA) is 46.2 Å². The summed E-state index contributed by atoms with van der Waals surface area (Å²) in [6.45, 7) is 0.431. The van der Waals surface area contributed by atoms with Gasteiger partial charge in [-0.2, -0.15) is 11.3 Å². The van der Waals surface area contributed by atoms with E-state index in [1.807, 2.05) is 5.38 Å². The number of hydrogen-bond acceptors (Lipinski definition) is 3. The first-order valence-corrected chi connectivity index (χ1v) is 8.65. The average molecular weight is 316 g/mol. The molecule has 3 nitrogen and oxygen atoms in total. The molecule has 0 unspecified atom stereocenters. The quantitative estimate of drug-likeness (QED) is 0.831. The lowest BCUT2D eigenvalue weighted by Gasteiger charge is -2.06. The van der Waals surface area contributed by atoms with Crippen LogP contribution in [0.2, 0.25) is 5.02 Å². The molecule has 0 amide bonds. The molecule has 1 aromatic heterocycles. The second kappa shape index (κ2) is 6.52. The summed E-state index contributed by atoms with van der Waals surface area (Å²) in [4.78, 5) is 0.243. The van der Waals surface area contributed by atoms with E-state index in [0.717, 1.165) is 12.8 Å². The maximum atomic E-state index is 12.0. The third-order valence-corrected chi connectivity index (χ3v) is 5.10. The Balaban J connectivity index is 1.86. The number of thiophene rings is 1. The molecule has 1 heterocycles. The minimum absolute atomic E-state index is 0.243. The maximum Gasteiger partial charge on any atom is 0.240 e. The number of rotatable bonds is 6. The summed E-state index contributed by atoms with van der Waals surface area (Å²) in [6.07, 6.45) is 1.66. The Kier molecular flexibility index (Phi) is 4.99. The third kappa shape index (κ3) is 4.31. The molecule has 0 fully saturated rings. The molecule has 1 aromatic carbocycles. The van der Waals surface area contributed by atoms with Crippen molar-refractivity contribution < 1.29 is 8.42 Å². The smallest absolute Gasteiger partial charge is 0.211 e. The first-order valence-electron chi connectivity index (χ1n) is 5.84. The van der Waals surface area contributed by atoms with Crippen molar-refractivity contribution in [3.63, 3.8) is 0 Å². The van der Waals surface area contributed by atoms with Gasteiger partial charge in [-0.3, -0.25) is 0 Å². The van der Waals surface area contributed by atoms with Gasteiger partial charge < -0.3 is 0 Å². The van der Waals surface area contributed by atoms with Gasteiger partial charge in [-0.15, -0.1) is 0 Å². The fourth-order valence-electron chi connectivity index (χ4n) is 1.63. The highest BCUT2D eigenvalue weighted by Crippen LogP contribution is 2.14. The van der Waals surface area contributed by atoms with E-state index in [4.69, 9.17) is 11.6 Å². The van der Waals surface area contributed by atoms with Gasteiger partial charge in [0.25, 0.3) is 0 Å². The first kappa shape index (κ1) is 14.5. The Labute approximate surface area is 122 Å². The first-order chi connectivity index (χ1) is 9.08. The normalized spacial score (nSPS) is 11.6. The Morgan fingerprint density at radius 2 is 1.89 bits per heavy atom. The Morgan fingerprint density at radius 3 is 2.53 bits per heavy atom. The lowest BCUT2D eigenvalue weighted by Crippen LogP contribution is -2.25. The molecule has 0 aliphatic rings. The number of hydrogen-bond donors (Lipinski definition) is 1. The molecule has 2 rings (SSSR count). The van der Waals surface area contributed by atoms with Crippen molar-refractivity contribution in [1.29, 1.82) is 0 Å². The van der Waals surface area contributed by atoms with E-state index in [2.05, 4.69) is 16.2 Å². The van der Waals surface area contributed by atoms with Crippen molar-refractivity contribution in [3.05, 3.63) is 51.7 Å². The van der Waals surface area contributed by atoms with Crippen molar-refractivity contribution in [3.8, 4) is 0 Å². The van der Waals surface area contributed by atoms with Gasteiger partial charge in [0.1, 0.15) is 0 Å². The Morgan fingerprint density at radius 1 is 1.16 bits per heavy atom. The summed E-state index contributed by atoms with van der Waals surface area (Å²) in [7, 11) is -3.42. The van der Waals surface area contributed by atoms with E-state index < -0.39 is 10.0 Å². The van der Waals surface area contributed by atoms with Gasteiger partial charge in [-0.1, -0.05) is 11.6 Å². The monoisotopic (exact) mass is 315 g/mol. The van der Waals surface area contributed by atoms with E-state index in [0.29, 0.717) is 11.6 Å². The molecule has 0 aliphatic heterocycles. The lowest BCUT2D eigenvalue weighted by atomic mass is 10.2. The van der Waals surface area contributed by atoms with Crippen molar-refractivity contribution >= 4 is 33.0 Å². The van der Waals surface area contributed by atoms with Crippen molar-refractivity contribution in [2.45, 2.75) is 17.7 Å². The van der Waals surface area contributed by atoms with Crippen LogP contribution in [-0.4, -0.2) is 15.0 Å². The van der Waals surface area contributed by atoms with E-state index in [1.54, 1.807) is 23.5 Å². The van der Waals surface area contributed by atoms with Gasteiger partial charge in [0, 0.05) is 11.6 Å². The SMILES string of the molecule is O=S(=O)(NCCCc1ccsc1)c1ccc(Cl)cc1. The summed E-state index contributed by atoms with van der Waals surface area (Å²) in [5.74, 6) is 0. The molecule has 0 spiro atoms. The Bertz CT molecular complexity index is 607. The van der Waals surface area contributed by atoms with Gasteiger partial charge >= 0.3 is 0 Å². The predicted octanol–water partition coefficient (Wildman–Crippen LogP) is 3.31. The molecule has 1 N–H and O–H groups in total. The number of nitrogens with one attached hydrogen (secondary N) is 1. The summed E-state index contributed by atoms with van der Waals surface area (Å²) in [5.41, 5.74) is 1.25. The van der Waals surface area contributed by atoms with Crippen LogP contribution in [0.4, 0.5) is 0 Å². The zero-order valence-corrected chi connectivity index (χ0v) is 12.6. The van der Waals surface area contributed by atoms with Gasteiger partial charge in [0.2, 0.25) is 10.0 Å². The van der Waals surface area contributed by atoms with Crippen molar-refractivity contribution in [2.75, 3.05) is 6.54 Å². The van der Waals surface area contributed by atoms with E-state index in [-0.39, 0.29) is 4.90 Å². The predicted molar refractivity (Wildman–Crippen MR) is 79.3 cm³/mol. The van der Waals surface area contributed by atoms with Crippen LogP contribution in [0.5, 0.6) is 0 Å². The minimum atomic E-state index is -3.42. The summed E-state index contributed by atoms with van der Waals surface area (Å²) in [5, 5.41) is 4.62. The number of benzene rings is 1. The van der Waals surface area contributed by atoms with E-state index in [9.17, 15) is 8.42 Å². The van der Waals surface area contributed by atoms with Crippen molar-refractivity contribution in [2.24, 2.45) is 0 Å². The summed E-state index contributed by atoms with van der Waals surface area (Å²) in [6, 6.07) is 8.20. The minimum Gasteiger partial charge on any atom is -0.211 e. The van der Waals surface area contributed by atoms with Gasteiger partial charge in [0.15, 0.2) is 0 Å². The molecule has 0 bridgehead atoms. The van der Waals surface area contributed by atoms with Crippen LogP contribution in [0.1, 0.15) is 12.0 Å². The molecule has 2 aromatic rings. The molecule has 6 heteroatoms. The van der Waals surface area contributed by atoms with Gasteiger partial charge in [-0.05, 0) is 59.5 Å². The number of aryl methyl sites for hydroxylation is 1. The summed E-state index contributed by atoms with van der Waals surface area (Å²) < 4.78 is 26.5. The summed E-state index contributed by atoms with van der Waals surface area (Å²) >= 11 is 7.38. The molecule has 0 saturated carbocycles. The molecule has 0 saturated heterocycles. The van der Waals surface area contributed by atoms with E-state index >= 15 is 0 Å². The van der Waals surface area contributed by atoms with Gasteiger partial charge in [-0.25, -0.2) is 13.1 Å². The highest BCUT2D eigenvalue weighted by atomic mass is 35.5. The fraction of sp³-hybridized carbons (Fsp3) is 0.231. The lowest BCUT2D eigenvalue weighted by molar-refractivity contribution is 0.579. The molecular weight excluding hydrogens is 302 g/mol. The average Bonchev–Trinajstić information content (AvgIpc) is 2.88. The van der Waals surface area contributed by atoms with Crippen LogP contribution in [0.3, 0.4) is 0 Å². The second-order valence-electron chi connectivity index (χ2n) is 4.09. The highest BCUT2D eigenvalue weighted by molar-refractivity contribution is 7.89. The third-order valence-electron chi connectivity index (χ3n) is 2.64. The molecule has 0 aliphatic carbocycles. The maximum absolute atomic E-state index is 12.0. The van der Waals surface area contributed by atoms with Crippen LogP contribution in [0.25, 0.3) is 0 Å². The standard InChI is InChI=1S/C13H14ClNO2S2/c14-12-3-5-13(6-4-12)19(16,17)15-8-1-2-11-7-9-18-10-11/h3-7,9-10,15H,1-2,8H2. The van der Waals surface area contributed by atoms with Gasteiger partial charge in [0.05, 0.1) is 4.90 Å². The molecular formula is C13H14ClNO2S2. The zero-order valence-electron chi connectivity index (χ0n) is 10.2. The second-order valence-corrected chi connectivity index (χ2v) is 7.07. The van der Waals surface area contributed by atoms with E-state index in [1.165, 1.54) is 17.7 Å². The zero-order chi connectivity index (χ0) is 13.7. The molecule has 0 atom stereocenters. The van der Waals surface area contributed by atoms with Crippen LogP contribution >= 0.6 is 22.9 Å². The van der Waals surface area contributed by atoms with Crippen LogP contribution in [-0.2, 0) is 16.4 Å². The van der Waals surface area contributed by atoms with Crippen LogP contribution < -0.4 is 4.72 Å².